The third-order valence-electron chi connectivity index (χ3n) is 5.67. The van der Waals surface area contributed by atoms with Gasteiger partial charge in [0, 0.05) is 30.1 Å². The number of pyridine rings is 1. The first-order chi connectivity index (χ1) is 15.9. The van der Waals surface area contributed by atoms with Crippen molar-refractivity contribution in [3.63, 3.8) is 0 Å². The maximum Gasteiger partial charge on any atom is 0.295 e. The van der Waals surface area contributed by atoms with Crippen LogP contribution in [0.15, 0.2) is 72.6 Å². The molecule has 168 valence electrons. The van der Waals surface area contributed by atoms with E-state index in [1.807, 2.05) is 25.1 Å². The molecule has 7 heteroatoms. The number of hydrogen-bond acceptors (Lipinski definition) is 6. The van der Waals surface area contributed by atoms with Crippen molar-refractivity contribution in [2.75, 3.05) is 14.2 Å². The fourth-order valence-corrected chi connectivity index (χ4v) is 3.97. The lowest BCUT2D eigenvalue weighted by atomic mass is 9.94. The lowest BCUT2D eigenvalue weighted by Gasteiger charge is -2.27. The quantitative estimate of drug-likeness (QED) is 0.351. The van der Waals surface area contributed by atoms with Crippen molar-refractivity contribution in [1.82, 2.24) is 9.88 Å². The van der Waals surface area contributed by atoms with E-state index in [9.17, 15) is 14.7 Å². The third-order valence-corrected chi connectivity index (χ3v) is 5.67. The lowest BCUT2D eigenvalue weighted by molar-refractivity contribution is -0.140. The van der Waals surface area contributed by atoms with Crippen LogP contribution in [-0.2, 0) is 16.1 Å². The molecule has 1 aliphatic rings. The molecule has 0 aliphatic carbocycles. The van der Waals surface area contributed by atoms with Crippen LogP contribution in [0.1, 0.15) is 28.3 Å². The molecule has 0 spiro atoms. The van der Waals surface area contributed by atoms with Gasteiger partial charge in [-0.25, -0.2) is 0 Å². The van der Waals surface area contributed by atoms with E-state index in [1.165, 1.54) is 19.1 Å². The van der Waals surface area contributed by atoms with Crippen molar-refractivity contribution < 1.29 is 24.2 Å². The number of likely N-dealkylation sites (tertiary alicyclic amines) is 1. The highest BCUT2D eigenvalue weighted by atomic mass is 16.5. The Morgan fingerprint density at radius 3 is 2.45 bits per heavy atom. The van der Waals surface area contributed by atoms with Gasteiger partial charge in [0.05, 0.1) is 25.8 Å². The molecule has 3 aromatic rings. The normalized spacial score (nSPS) is 17.3. The van der Waals surface area contributed by atoms with Crippen LogP contribution in [0.2, 0.25) is 0 Å². The first kappa shape index (κ1) is 22.1. The maximum absolute atomic E-state index is 13.2. The van der Waals surface area contributed by atoms with Gasteiger partial charge in [-0.3, -0.25) is 14.6 Å². The zero-order valence-electron chi connectivity index (χ0n) is 18.6. The SMILES string of the molecule is COc1ccc(OC)c(C2/C(=C(/O)c3ccc(C)cc3)C(=O)C(=O)N2Cc2cccnc2)c1. The van der Waals surface area contributed by atoms with Gasteiger partial charge in [-0.15, -0.1) is 0 Å². The summed E-state index contributed by atoms with van der Waals surface area (Å²) in [7, 11) is 3.04. The number of carbonyl (C=O) groups excluding carboxylic acids is 2. The number of methoxy groups -OCH3 is 2. The van der Waals surface area contributed by atoms with Crippen molar-refractivity contribution in [2.24, 2.45) is 0 Å². The van der Waals surface area contributed by atoms with Crippen LogP contribution in [0.4, 0.5) is 0 Å². The predicted octanol–water partition coefficient (Wildman–Crippen LogP) is 4.03. The Morgan fingerprint density at radius 1 is 1.06 bits per heavy atom. The summed E-state index contributed by atoms with van der Waals surface area (Å²) in [6, 6.07) is 15.0. The molecule has 1 amide bonds. The predicted molar refractivity (Wildman–Crippen MR) is 123 cm³/mol. The van der Waals surface area contributed by atoms with Crippen LogP contribution in [0.3, 0.4) is 0 Å². The van der Waals surface area contributed by atoms with Gasteiger partial charge in [0.1, 0.15) is 17.3 Å². The standard InChI is InChI=1S/C26H24N2O5/c1-16-6-8-18(9-7-16)24(29)22-23(20-13-19(32-2)10-11-21(20)33-3)28(26(31)25(22)30)15-17-5-4-12-27-14-17/h4-14,23,29H,15H2,1-3H3/b24-22-. The first-order valence-electron chi connectivity index (χ1n) is 10.4. The number of carbonyl (C=O) groups is 2. The van der Waals surface area contributed by atoms with Crippen molar-refractivity contribution in [1.29, 1.82) is 0 Å². The largest absolute Gasteiger partial charge is 0.507 e. The number of aromatic nitrogens is 1. The molecule has 7 nitrogen and oxygen atoms in total. The second kappa shape index (κ2) is 9.16. The Kier molecular flexibility index (Phi) is 6.13. The molecule has 0 saturated carbocycles. The van der Waals surface area contributed by atoms with Gasteiger partial charge >= 0.3 is 0 Å². The summed E-state index contributed by atoms with van der Waals surface area (Å²) in [4.78, 5) is 32.0. The summed E-state index contributed by atoms with van der Waals surface area (Å²) in [5, 5.41) is 11.2. The van der Waals surface area contributed by atoms with Crippen LogP contribution in [-0.4, -0.2) is 40.9 Å². The summed E-state index contributed by atoms with van der Waals surface area (Å²) in [5.41, 5.74) is 2.75. The van der Waals surface area contributed by atoms with Gasteiger partial charge in [-0.05, 0) is 36.8 Å². The Balaban J connectivity index is 1.93. The van der Waals surface area contributed by atoms with E-state index >= 15 is 0 Å². The minimum Gasteiger partial charge on any atom is -0.507 e. The Labute approximate surface area is 191 Å². The summed E-state index contributed by atoms with van der Waals surface area (Å²) in [5.74, 6) is -0.701. The number of benzene rings is 2. The average molecular weight is 444 g/mol. The van der Waals surface area contributed by atoms with Crippen molar-refractivity contribution in [2.45, 2.75) is 19.5 Å². The second-order valence-corrected chi connectivity index (χ2v) is 7.76. The monoisotopic (exact) mass is 444 g/mol. The maximum atomic E-state index is 13.2. The highest BCUT2D eigenvalue weighted by Gasteiger charge is 2.47. The van der Waals surface area contributed by atoms with Gasteiger partial charge in [-0.1, -0.05) is 35.9 Å². The highest BCUT2D eigenvalue weighted by molar-refractivity contribution is 6.46. The molecule has 1 atom stereocenters. The molecule has 0 bridgehead atoms. The molecule has 33 heavy (non-hydrogen) atoms. The van der Waals surface area contributed by atoms with Gasteiger partial charge in [0.25, 0.3) is 11.7 Å². The smallest absolute Gasteiger partial charge is 0.295 e. The number of amides is 1. The van der Waals surface area contributed by atoms with E-state index in [1.54, 1.807) is 48.8 Å². The zero-order chi connectivity index (χ0) is 23.5. The molecule has 2 aromatic carbocycles. The molecule has 4 rings (SSSR count). The van der Waals surface area contributed by atoms with Crippen LogP contribution >= 0.6 is 0 Å². The average Bonchev–Trinajstić information content (AvgIpc) is 3.09. The number of hydrogen-bond donors (Lipinski definition) is 1. The molecule has 2 heterocycles. The van der Waals surface area contributed by atoms with E-state index < -0.39 is 17.7 Å². The summed E-state index contributed by atoms with van der Waals surface area (Å²) in [6.45, 7) is 2.06. The van der Waals surface area contributed by atoms with Gasteiger partial charge in [-0.2, -0.15) is 0 Å². The van der Waals surface area contributed by atoms with Crippen LogP contribution in [0.5, 0.6) is 11.5 Å². The van der Waals surface area contributed by atoms with Gasteiger partial charge in [0.15, 0.2) is 0 Å². The topological polar surface area (TPSA) is 89.0 Å². The van der Waals surface area contributed by atoms with Crippen molar-refractivity contribution >= 4 is 17.4 Å². The summed E-state index contributed by atoms with van der Waals surface area (Å²) < 4.78 is 10.9. The minimum atomic E-state index is -0.878. The van der Waals surface area contributed by atoms with Crippen molar-refractivity contribution in [3.05, 3.63) is 94.8 Å². The van der Waals surface area contributed by atoms with E-state index in [-0.39, 0.29) is 17.9 Å². The van der Waals surface area contributed by atoms with Gasteiger partial charge in [0.2, 0.25) is 0 Å². The number of Topliss-reactive ketones (excluding diaryl/α,β-unsaturated/α-hetero) is 1. The molecular weight excluding hydrogens is 420 g/mol. The fraction of sp³-hybridized carbons (Fsp3) is 0.192. The first-order valence-corrected chi connectivity index (χ1v) is 10.4. The summed E-state index contributed by atoms with van der Waals surface area (Å²) in [6.07, 6.45) is 3.27. The Bertz CT molecular complexity index is 1220. The number of aliphatic hydroxyl groups excluding tert-OH is 1. The minimum absolute atomic E-state index is 0.000651. The van der Waals surface area contributed by atoms with Crippen LogP contribution in [0.25, 0.3) is 5.76 Å². The third kappa shape index (κ3) is 4.17. The number of ether oxygens (including phenoxy) is 2. The molecule has 0 radical (unpaired) electrons. The number of rotatable bonds is 6. The summed E-state index contributed by atoms with van der Waals surface area (Å²) >= 11 is 0. The number of nitrogens with zero attached hydrogens (tertiary/aromatic N) is 2. The number of ketones is 1. The zero-order valence-corrected chi connectivity index (χ0v) is 18.6. The molecule has 1 saturated heterocycles. The van der Waals surface area contributed by atoms with Crippen molar-refractivity contribution in [3.8, 4) is 11.5 Å². The molecule has 1 aliphatic heterocycles. The van der Waals surface area contributed by atoms with E-state index in [2.05, 4.69) is 4.98 Å². The van der Waals surface area contributed by atoms with E-state index in [0.29, 0.717) is 22.6 Å². The molecule has 1 N–H and O–H groups in total. The van der Waals surface area contributed by atoms with E-state index in [4.69, 9.17) is 9.47 Å². The number of aryl methyl sites for hydroxylation is 1. The Morgan fingerprint density at radius 2 is 1.82 bits per heavy atom. The molecule has 1 aromatic heterocycles. The fourth-order valence-electron chi connectivity index (χ4n) is 3.97. The number of aliphatic hydroxyl groups is 1. The lowest BCUT2D eigenvalue weighted by Crippen LogP contribution is -2.29. The van der Waals surface area contributed by atoms with E-state index in [0.717, 1.165) is 11.1 Å². The molecular formula is C26H24N2O5. The molecule has 1 unspecified atom stereocenters. The van der Waals surface area contributed by atoms with Crippen LogP contribution in [0, 0.1) is 6.92 Å². The van der Waals surface area contributed by atoms with Crippen LogP contribution < -0.4 is 9.47 Å². The van der Waals surface area contributed by atoms with Gasteiger partial charge < -0.3 is 19.5 Å². The Hall–Kier alpha value is -4.13. The molecule has 1 fully saturated rings. The second-order valence-electron chi connectivity index (χ2n) is 7.76. The highest BCUT2D eigenvalue weighted by Crippen LogP contribution is 2.44.